The molecule has 0 radical (unpaired) electrons. The lowest BCUT2D eigenvalue weighted by molar-refractivity contribution is -0.123. The summed E-state index contributed by atoms with van der Waals surface area (Å²) in [6.07, 6.45) is -0.781. The number of carbonyl (C=O) groups is 3. The van der Waals surface area contributed by atoms with Crippen LogP contribution in [-0.2, 0) is 27.1 Å². The number of Topliss-reactive ketones (excluding diaryl/α,β-unsaturated/α-hetero) is 1. The van der Waals surface area contributed by atoms with Gasteiger partial charge < -0.3 is 9.47 Å². The van der Waals surface area contributed by atoms with E-state index in [1.54, 1.807) is 41.5 Å². The van der Waals surface area contributed by atoms with Gasteiger partial charge in [-0.25, -0.2) is 14.5 Å². The Balaban J connectivity index is 3.03. The minimum Gasteiger partial charge on any atom is -0.443 e. The lowest BCUT2D eigenvalue weighted by atomic mass is 10.0. The molecule has 0 aliphatic heterocycles. The maximum absolute atomic E-state index is 12.8. The molecule has 0 aromatic heterocycles. The van der Waals surface area contributed by atoms with Crippen molar-refractivity contribution in [2.24, 2.45) is 0 Å². The Kier molecular flexibility index (Phi) is 7.79. The van der Waals surface area contributed by atoms with Crippen LogP contribution in [-0.4, -0.2) is 40.1 Å². The number of amides is 2. The third-order valence-electron chi connectivity index (χ3n) is 3.84. The van der Waals surface area contributed by atoms with Crippen molar-refractivity contribution in [1.29, 1.82) is 0 Å². The average molecular weight is 392 g/mol. The van der Waals surface area contributed by atoms with Gasteiger partial charge in [-0.3, -0.25) is 4.79 Å². The minimum absolute atomic E-state index is 0.104. The molecule has 28 heavy (non-hydrogen) atoms. The molecule has 0 aliphatic carbocycles. The third kappa shape index (κ3) is 7.71. The summed E-state index contributed by atoms with van der Waals surface area (Å²) in [6, 6.07) is 6.68. The van der Waals surface area contributed by atoms with Crippen molar-refractivity contribution in [3.05, 3.63) is 35.4 Å². The zero-order valence-electron chi connectivity index (χ0n) is 18.3. The van der Waals surface area contributed by atoms with Crippen LogP contribution >= 0.6 is 0 Å². The molecule has 1 rings (SSSR count). The van der Waals surface area contributed by atoms with Gasteiger partial charge in [0.05, 0.1) is 0 Å². The molecule has 6 heteroatoms. The van der Waals surface area contributed by atoms with E-state index in [1.165, 1.54) is 12.5 Å². The second-order valence-corrected chi connectivity index (χ2v) is 8.82. The van der Waals surface area contributed by atoms with Crippen LogP contribution in [0.2, 0.25) is 0 Å². The Morgan fingerprint density at radius 3 is 1.61 bits per heavy atom. The van der Waals surface area contributed by atoms with Crippen LogP contribution in [0.3, 0.4) is 0 Å². The minimum atomic E-state index is -1.02. The van der Waals surface area contributed by atoms with Crippen LogP contribution < -0.4 is 0 Å². The fourth-order valence-electron chi connectivity index (χ4n) is 2.40. The Morgan fingerprint density at radius 2 is 1.25 bits per heavy atom. The van der Waals surface area contributed by atoms with Crippen molar-refractivity contribution in [1.82, 2.24) is 4.90 Å². The van der Waals surface area contributed by atoms with Crippen LogP contribution in [0.15, 0.2) is 24.3 Å². The van der Waals surface area contributed by atoms with E-state index in [1.807, 2.05) is 24.3 Å². The largest absolute Gasteiger partial charge is 0.443 e. The first-order valence-corrected chi connectivity index (χ1v) is 9.59. The van der Waals surface area contributed by atoms with Crippen LogP contribution in [0.5, 0.6) is 0 Å². The first-order chi connectivity index (χ1) is 12.7. The highest BCUT2D eigenvalue weighted by Gasteiger charge is 2.37. The number of rotatable bonds is 5. The predicted octanol–water partition coefficient (Wildman–Crippen LogP) is 4.92. The highest BCUT2D eigenvalue weighted by molar-refractivity contribution is 5.96. The lowest BCUT2D eigenvalue weighted by Gasteiger charge is -2.31. The van der Waals surface area contributed by atoms with E-state index in [4.69, 9.17) is 9.47 Å². The molecule has 0 N–H and O–H groups in total. The fraction of sp³-hybridized carbons (Fsp3) is 0.591. The summed E-state index contributed by atoms with van der Waals surface area (Å²) in [5.74, 6) is -0.277. The second kappa shape index (κ2) is 9.22. The molecule has 1 aromatic rings. The van der Waals surface area contributed by atoms with Gasteiger partial charge in [0.25, 0.3) is 0 Å². The van der Waals surface area contributed by atoms with Gasteiger partial charge in [0.15, 0.2) is 5.78 Å². The number of hydrogen-bond donors (Lipinski definition) is 0. The van der Waals surface area contributed by atoms with E-state index in [-0.39, 0.29) is 12.2 Å². The first kappa shape index (κ1) is 23.7. The quantitative estimate of drug-likeness (QED) is 0.712. The summed E-state index contributed by atoms with van der Waals surface area (Å²) in [5.41, 5.74) is 0.377. The molecule has 0 fully saturated rings. The molecule has 1 aromatic carbocycles. The molecule has 1 atom stereocenters. The smallest absolute Gasteiger partial charge is 0.420 e. The van der Waals surface area contributed by atoms with Crippen molar-refractivity contribution < 1.29 is 23.9 Å². The van der Waals surface area contributed by atoms with E-state index in [0.717, 1.165) is 16.9 Å². The molecule has 6 nitrogen and oxygen atoms in total. The normalized spacial score (nSPS) is 12.9. The number of carbonyl (C=O) groups excluding carboxylic acids is 3. The summed E-state index contributed by atoms with van der Waals surface area (Å²) in [7, 11) is 0. The number of nitrogens with zero attached hydrogens (tertiary/aromatic N) is 1. The maximum atomic E-state index is 12.8. The summed E-state index contributed by atoms with van der Waals surface area (Å²) in [4.78, 5) is 38.8. The molecule has 156 valence electrons. The van der Waals surface area contributed by atoms with Crippen molar-refractivity contribution in [3.8, 4) is 0 Å². The van der Waals surface area contributed by atoms with Gasteiger partial charge in [-0.15, -0.1) is 0 Å². The predicted molar refractivity (Wildman–Crippen MR) is 108 cm³/mol. The summed E-state index contributed by atoms with van der Waals surface area (Å²) in [5, 5.41) is 0. The number of ether oxygens (including phenoxy) is 2. The average Bonchev–Trinajstić information content (AvgIpc) is 2.52. The fourth-order valence-corrected chi connectivity index (χ4v) is 2.40. The zero-order chi connectivity index (χ0) is 21.7. The highest BCUT2D eigenvalue weighted by atomic mass is 16.6. The van der Waals surface area contributed by atoms with Crippen LogP contribution in [0.1, 0.15) is 66.5 Å². The summed E-state index contributed by atoms with van der Waals surface area (Å²) in [6.45, 7) is 13.7. The summed E-state index contributed by atoms with van der Waals surface area (Å²) >= 11 is 0. The van der Waals surface area contributed by atoms with Gasteiger partial charge in [0.1, 0.15) is 17.2 Å². The molecule has 0 unspecified atom stereocenters. The highest BCUT2D eigenvalue weighted by Crippen LogP contribution is 2.18. The van der Waals surface area contributed by atoms with Crippen LogP contribution in [0.4, 0.5) is 9.59 Å². The molecular weight excluding hydrogens is 358 g/mol. The molecule has 0 heterocycles. The van der Waals surface area contributed by atoms with Crippen molar-refractivity contribution in [2.45, 2.75) is 85.5 Å². The molecule has 0 saturated heterocycles. The van der Waals surface area contributed by atoms with E-state index in [9.17, 15) is 14.4 Å². The van der Waals surface area contributed by atoms with Crippen molar-refractivity contribution in [2.75, 3.05) is 0 Å². The standard InChI is InChI=1S/C22H33NO5/c1-9-16-10-12-17(13-11-16)14-18(24)15(2)23(19(25)27-21(3,4)5)20(26)28-22(6,7)8/h10-13,15H,9,14H2,1-8H3/t15-/m0/s1. The maximum Gasteiger partial charge on any atom is 0.420 e. The van der Waals surface area contributed by atoms with Crippen LogP contribution in [0, 0.1) is 0 Å². The number of benzene rings is 1. The van der Waals surface area contributed by atoms with Crippen molar-refractivity contribution in [3.63, 3.8) is 0 Å². The Hall–Kier alpha value is -2.37. The number of aryl methyl sites for hydroxylation is 1. The van der Waals surface area contributed by atoms with Gasteiger partial charge in [0, 0.05) is 6.42 Å². The van der Waals surface area contributed by atoms with E-state index >= 15 is 0 Å². The molecular formula is C22H33NO5. The van der Waals surface area contributed by atoms with Crippen molar-refractivity contribution >= 4 is 18.0 Å². The molecule has 0 aliphatic rings. The van der Waals surface area contributed by atoms with Gasteiger partial charge in [-0.05, 0) is 66.0 Å². The zero-order valence-corrected chi connectivity index (χ0v) is 18.3. The lowest BCUT2D eigenvalue weighted by Crippen LogP contribution is -2.51. The van der Waals surface area contributed by atoms with Gasteiger partial charge >= 0.3 is 12.2 Å². The number of ketones is 1. The second-order valence-electron chi connectivity index (χ2n) is 8.82. The molecule has 2 amide bonds. The number of hydrogen-bond acceptors (Lipinski definition) is 5. The topological polar surface area (TPSA) is 72.9 Å². The Morgan fingerprint density at radius 1 is 0.857 bits per heavy atom. The van der Waals surface area contributed by atoms with E-state index in [0.29, 0.717) is 0 Å². The van der Waals surface area contributed by atoms with E-state index < -0.39 is 29.4 Å². The molecule has 0 bridgehead atoms. The van der Waals surface area contributed by atoms with Crippen LogP contribution in [0.25, 0.3) is 0 Å². The number of imide groups is 1. The first-order valence-electron chi connectivity index (χ1n) is 9.59. The van der Waals surface area contributed by atoms with Gasteiger partial charge in [-0.1, -0.05) is 31.2 Å². The van der Waals surface area contributed by atoms with Gasteiger partial charge in [-0.2, -0.15) is 0 Å². The Bertz CT molecular complexity index is 667. The molecule has 0 spiro atoms. The molecule has 0 saturated carbocycles. The van der Waals surface area contributed by atoms with Gasteiger partial charge in [0.2, 0.25) is 0 Å². The third-order valence-corrected chi connectivity index (χ3v) is 3.84. The summed E-state index contributed by atoms with van der Waals surface area (Å²) < 4.78 is 10.6. The monoisotopic (exact) mass is 391 g/mol. The SMILES string of the molecule is CCc1ccc(CC(=O)[C@H](C)N(C(=O)OC(C)(C)C)C(=O)OC(C)(C)C)cc1. The van der Waals surface area contributed by atoms with E-state index in [2.05, 4.69) is 6.92 Å². The Labute approximate surface area is 168 Å².